The number of unbranched alkanes of at least 4 members (excludes halogenated alkanes) is 5. The van der Waals surface area contributed by atoms with Crippen LogP contribution in [0.1, 0.15) is 51.0 Å². The molecule has 0 amide bonds. The zero-order chi connectivity index (χ0) is 16.8. The van der Waals surface area contributed by atoms with Crippen molar-refractivity contribution in [2.75, 3.05) is 0 Å². The van der Waals surface area contributed by atoms with Gasteiger partial charge >= 0.3 is 0 Å². The van der Waals surface area contributed by atoms with Crippen molar-refractivity contribution in [1.82, 2.24) is 14.5 Å². The molecule has 0 atom stereocenters. The molecule has 0 saturated heterocycles. The molecule has 3 nitrogen and oxygen atoms in total. The summed E-state index contributed by atoms with van der Waals surface area (Å²) >= 11 is 0. The van der Waals surface area contributed by atoms with E-state index in [-0.39, 0.29) is 0 Å². The average Bonchev–Trinajstić information content (AvgIpc) is 2.97. The van der Waals surface area contributed by atoms with E-state index in [1.807, 2.05) is 12.3 Å². The Bertz CT molecular complexity index is 789. The maximum atomic E-state index is 4.85. The molecular weight excluding hydrogens is 294 g/mol. The number of imidazole rings is 1. The third-order valence-corrected chi connectivity index (χ3v) is 4.53. The smallest absolute Gasteiger partial charge is 0.159 e. The fourth-order valence-electron chi connectivity index (χ4n) is 3.21. The molecule has 3 rings (SSSR count). The Balaban J connectivity index is 1.83. The molecule has 0 fully saturated rings. The van der Waals surface area contributed by atoms with Crippen LogP contribution in [0.25, 0.3) is 22.6 Å². The second-order valence-corrected chi connectivity index (χ2v) is 6.56. The Morgan fingerprint density at radius 2 is 1.75 bits per heavy atom. The summed E-state index contributed by atoms with van der Waals surface area (Å²) in [6, 6.07) is 12.6. The lowest BCUT2D eigenvalue weighted by Crippen LogP contribution is -2.02. The van der Waals surface area contributed by atoms with Gasteiger partial charge in [0.2, 0.25) is 0 Å². The van der Waals surface area contributed by atoms with Gasteiger partial charge in [0.05, 0.1) is 11.0 Å². The van der Waals surface area contributed by atoms with Crippen molar-refractivity contribution >= 4 is 11.0 Å². The molecule has 24 heavy (non-hydrogen) atoms. The highest BCUT2D eigenvalue weighted by Crippen LogP contribution is 2.24. The SMILES string of the molecule is CCCCCCCCn1c(-c2cc(C)ccn2)nc2ccccc21. The molecule has 0 saturated carbocycles. The highest BCUT2D eigenvalue weighted by Gasteiger charge is 2.13. The lowest BCUT2D eigenvalue weighted by molar-refractivity contribution is 0.566. The van der Waals surface area contributed by atoms with E-state index in [1.165, 1.54) is 49.6 Å². The normalized spacial score (nSPS) is 11.2. The van der Waals surface area contributed by atoms with Crippen molar-refractivity contribution in [2.24, 2.45) is 0 Å². The van der Waals surface area contributed by atoms with Crippen LogP contribution in [-0.2, 0) is 6.54 Å². The van der Waals surface area contributed by atoms with Gasteiger partial charge in [0, 0.05) is 12.7 Å². The van der Waals surface area contributed by atoms with Gasteiger partial charge in [-0.15, -0.1) is 0 Å². The van der Waals surface area contributed by atoms with Crippen molar-refractivity contribution in [1.29, 1.82) is 0 Å². The van der Waals surface area contributed by atoms with Gasteiger partial charge in [-0.05, 0) is 43.2 Å². The van der Waals surface area contributed by atoms with Gasteiger partial charge in [-0.25, -0.2) is 4.98 Å². The number of benzene rings is 1. The minimum absolute atomic E-state index is 0.970. The molecule has 0 bridgehead atoms. The minimum atomic E-state index is 0.970. The maximum Gasteiger partial charge on any atom is 0.159 e. The zero-order valence-electron chi connectivity index (χ0n) is 14.8. The molecular formula is C21H27N3. The molecule has 0 N–H and O–H groups in total. The number of aromatic nitrogens is 3. The van der Waals surface area contributed by atoms with E-state index in [9.17, 15) is 0 Å². The van der Waals surface area contributed by atoms with Crippen LogP contribution >= 0.6 is 0 Å². The molecule has 0 spiro atoms. The van der Waals surface area contributed by atoms with Gasteiger partial charge in [0.15, 0.2) is 5.82 Å². The van der Waals surface area contributed by atoms with Gasteiger partial charge in [0.25, 0.3) is 0 Å². The van der Waals surface area contributed by atoms with Gasteiger partial charge in [-0.1, -0.05) is 51.2 Å². The first-order valence-corrected chi connectivity index (χ1v) is 9.18. The van der Waals surface area contributed by atoms with Crippen LogP contribution in [0.2, 0.25) is 0 Å². The summed E-state index contributed by atoms with van der Waals surface area (Å²) in [6.45, 7) is 5.38. The van der Waals surface area contributed by atoms with Crippen LogP contribution in [-0.4, -0.2) is 14.5 Å². The second-order valence-electron chi connectivity index (χ2n) is 6.56. The van der Waals surface area contributed by atoms with Crippen molar-refractivity contribution in [2.45, 2.75) is 58.9 Å². The molecule has 3 heteroatoms. The van der Waals surface area contributed by atoms with Gasteiger partial charge in [-0.3, -0.25) is 4.98 Å². The summed E-state index contributed by atoms with van der Waals surface area (Å²) < 4.78 is 2.34. The Morgan fingerprint density at radius 3 is 2.58 bits per heavy atom. The summed E-state index contributed by atoms with van der Waals surface area (Å²) in [7, 11) is 0. The summed E-state index contributed by atoms with van der Waals surface area (Å²) in [5, 5.41) is 0. The quantitative estimate of drug-likeness (QED) is 0.493. The molecule has 2 aromatic heterocycles. The highest BCUT2D eigenvalue weighted by molar-refractivity contribution is 5.80. The van der Waals surface area contributed by atoms with E-state index in [1.54, 1.807) is 0 Å². The molecule has 2 heterocycles. The zero-order valence-corrected chi connectivity index (χ0v) is 14.8. The number of nitrogens with zero attached hydrogens (tertiary/aromatic N) is 3. The van der Waals surface area contributed by atoms with Crippen LogP contribution < -0.4 is 0 Å². The van der Waals surface area contributed by atoms with Gasteiger partial charge in [0.1, 0.15) is 5.69 Å². The van der Waals surface area contributed by atoms with Crippen LogP contribution in [0.15, 0.2) is 42.6 Å². The second kappa shape index (κ2) is 8.09. The van der Waals surface area contributed by atoms with E-state index < -0.39 is 0 Å². The molecule has 0 aliphatic carbocycles. The number of hydrogen-bond donors (Lipinski definition) is 0. The third kappa shape index (κ3) is 3.84. The van der Waals surface area contributed by atoms with Crippen molar-refractivity contribution in [3.63, 3.8) is 0 Å². The van der Waals surface area contributed by atoms with Crippen LogP contribution in [0.4, 0.5) is 0 Å². The summed E-state index contributed by atoms with van der Waals surface area (Å²) in [6.07, 6.45) is 9.70. The monoisotopic (exact) mass is 321 g/mol. The lowest BCUT2D eigenvalue weighted by Gasteiger charge is -2.09. The molecule has 0 unspecified atom stereocenters. The summed E-state index contributed by atoms with van der Waals surface area (Å²) in [5.74, 6) is 0.994. The molecule has 1 aromatic carbocycles. The third-order valence-electron chi connectivity index (χ3n) is 4.53. The van der Waals surface area contributed by atoms with Crippen LogP contribution in [0.5, 0.6) is 0 Å². The number of rotatable bonds is 8. The van der Waals surface area contributed by atoms with E-state index >= 15 is 0 Å². The molecule has 0 aliphatic rings. The van der Waals surface area contributed by atoms with Crippen LogP contribution in [0.3, 0.4) is 0 Å². The van der Waals surface area contributed by atoms with E-state index in [4.69, 9.17) is 4.98 Å². The average molecular weight is 321 g/mol. The number of pyridine rings is 1. The fraction of sp³-hybridized carbons (Fsp3) is 0.429. The summed E-state index contributed by atoms with van der Waals surface area (Å²) in [4.78, 5) is 9.40. The number of para-hydroxylation sites is 2. The predicted molar refractivity (Wildman–Crippen MR) is 101 cm³/mol. The Labute approximate surface area is 144 Å². The van der Waals surface area contributed by atoms with E-state index in [0.717, 1.165) is 23.6 Å². The van der Waals surface area contributed by atoms with Crippen LogP contribution in [0, 0.1) is 6.92 Å². The van der Waals surface area contributed by atoms with Crippen molar-refractivity contribution < 1.29 is 0 Å². The van der Waals surface area contributed by atoms with Crippen molar-refractivity contribution in [3.05, 3.63) is 48.2 Å². The fourth-order valence-corrected chi connectivity index (χ4v) is 3.21. The minimum Gasteiger partial charge on any atom is -0.323 e. The Morgan fingerprint density at radius 1 is 0.958 bits per heavy atom. The summed E-state index contributed by atoms with van der Waals surface area (Å²) in [5.41, 5.74) is 4.46. The topological polar surface area (TPSA) is 30.7 Å². The molecule has 3 aromatic rings. The van der Waals surface area contributed by atoms with E-state index in [0.29, 0.717) is 0 Å². The highest BCUT2D eigenvalue weighted by atomic mass is 15.1. The standard InChI is InChI=1S/C21H27N3/c1-3-4-5-6-7-10-15-24-20-12-9-8-11-18(20)23-21(24)19-16-17(2)13-14-22-19/h8-9,11-14,16H,3-7,10,15H2,1-2H3. The lowest BCUT2D eigenvalue weighted by atomic mass is 10.1. The first kappa shape index (κ1) is 16.7. The first-order valence-electron chi connectivity index (χ1n) is 9.18. The Hall–Kier alpha value is -2.16. The largest absolute Gasteiger partial charge is 0.323 e. The number of hydrogen-bond acceptors (Lipinski definition) is 2. The molecule has 126 valence electrons. The predicted octanol–water partition coefficient (Wildman–Crippen LogP) is 5.77. The van der Waals surface area contributed by atoms with Gasteiger partial charge < -0.3 is 4.57 Å². The number of aryl methyl sites for hydroxylation is 2. The van der Waals surface area contributed by atoms with Crippen molar-refractivity contribution in [3.8, 4) is 11.5 Å². The number of fused-ring (bicyclic) bond motifs is 1. The first-order chi connectivity index (χ1) is 11.8. The molecule has 0 radical (unpaired) electrons. The van der Waals surface area contributed by atoms with Gasteiger partial charge in [-0.2, -0.15) is 0 Å². The Kier molecular flexibility index (Phi) is 5.63. The van der Waals surface area contributed by atoms with E-state index in [2.05, 4.69) is 53.7 Å². The maximum absolute atomic E-state index is 4.85. The molecule has 0 aliphatic heterocycles.